The lowest BCUT2D eigenvalue weighted by molar-refractivity contribution is -0.134. The number of rotatable bonds is 3. The molecule has 9 atom stereocenters. The minimum absolute atomic E-state index is 0.126. The number of carbonyl (C=O) groups is 1. The van der Waals surface area contributed by atoms with E-state index in [2.05, 4.69) is 31.9 Å². The summed E-state index contributed by atoms with van der Waals surface area (Å²) in [6.07, 6.45) is 13.9. The van der Waals surface area contributed by atoms with E-state index in [9.17, 15) is 4.79 Å². The molecule has 4 fully saturated rings. The molecule has 4 nitrogen and oxygen atoms in total. The van der Waals surface area contributed by atoms with Crippen molar-refractivity contribution in [1.82, 2.24) is 9.80 Å². The van der Waals surface area contributed by atoms with Crippen LogP contribution in [0.4, 0.5) is 0 Å². The van der Waals surface area contributed by atoms with Gasteiger partial charge in [-0.3, -0.25) is 4.79 Å². The van der Waals surface area contributed by atoms with Crippen LogP contribution in [0.15, 0.2) is 11.6 Å². The predicted octanol–water partition coefficient (Wildman–Crippen LogP) is 4.44. The molecule has 1 saturated heterocycles. The van der Waals surface area contributed by atoms with E-state index in [-0.39, 0.29) is 11.9 Å². The van der Waals surface area contributed by atoms with Gasteiger partial charge in [-0.15, -0.1) is 0 Å². The number of nitrogens with two attached hydrogens (primary N) is 1. The van der Waals surface area contributed by atoms with Gasteiger partial charge in [-0.2, -0.15) is 0 Å². The molecule has 0 aromatic carbocycles. The Balaban J connectivity index is 1.36. The highest BCUT2D eigenvalue weighted by Gasteiger charge is 2.64. The molecule has 0 bridgehead atoms. The van der Waals surface area contributed by atoms with E-state index in [1.54, 1.807) is 5.57 Å². The SMILES string of the molecule is CCC(N)C(=O)N(C)C1CCC2(C)C(=CCC3C2CCC24CN(C)C(C)C2CCC34)C1. The molecule has 9 unspecified atom stereocenters. The lowest BCUT2D eigenvalue weighted by atomic mass is 9.47. The molecule has 0 radical (unpaired) electrons. The number of fused-ring (bicyclic) bond motifs is 4. The Labute approximate surface area is 190 Å². The number of likely N-dealkylation sites (tertiary alicyclic amines) is 1. The second-order valence-corrected chi connectivity index (χ2v) is 12.2. The monoisotopic (exact) mass is 427 g/mol. The second kappa shape index (κ2) is 7.58. The Morgan fingerprint density at radius 2 is 1.97 bits per heavy atom. The zero-order valence-corrected chi connectivity index (χ0v) is 20.6. The van der Waals surface area contributed by atoms with E-state index in [1.165, 1.54) is 45.1 Å². The van der Waals surface area contributed by atoms with Gasteiger partial charge in [0, 0.05) is 25.7 Å². The number of amides is 1. The van der Waals surface area contributed by atoms with Crippen LogP contribution in [0.25, 0.3) is 0 Å². The van der Waals surface area contributed by atoms with Crippen LogP contribution in [0, 0.1) is 34.5 Å². The van der Waals surface area contributed by atoms with Gasteiger partial charge in [0.2, 0.25) is 5.91 Å². The molecule has 1 heterocycles. The highest BCUT2D eigenvalue weighted by molar-refractivity contribution is 5.81. The fourth-order valence-electron chi connectivity index (χ4n) is 9.39. The standard InChI is InChI=1S/C27H45N3O/c1-6-24(28)25(31)30(5)19-11-13-26(3)18(15-19)7-8-20-22(26)12-14-27-16-29(4)17(2)21(27)9-10-23(20)27/h7,17,19-24H,6,8-16,28H2,1-5H3. The first-order valence-electron chi connectivity index (χ1n) is 13.1. The van der Waals surface area contributed by atoms with Crippen molar-refractivity contribution in [3.8, 4) is 0 Å². The van der Waals surface area contributed by atoms with E-state index in [0.717, 1.165) is 49.0 Å². The molecule has 5 rings (SSSR count). The summed E-state index contributed by atoms with van der Waals surface area (Å²) in [4.78, 5) is 17.4. The van der Waals surface area contributed by atoms with Gasteiger partial charge < -0.3 is 15.5 Å². The molecule has 0 aromatic heterocycles. The molecule has 1 amide bonds. The maximum atomic E-state index is 12.7. The van der Waals surface area contributed by atoms with Crippen molar-refractivity contribution in [2.75, 3.05) is 20.6 Å². The fraction of sp³-hybridized carbons (Fsp3) is 0.889. The number of hydrogen-bond donors (Lipinski definition) is 1. The van der Waals surface area contributed by atoms with Gasteiger partial charge in [0.1, 0.15) is 0 Å². The lowest BCUT2D eigenvalue weighted by Gasteiger charge is -2.58. The molecule has 1 aliphatic heterocycles. The first-order valence-corrected chi connectivity index (χ1v) is 13.1. The van der Waals surface area contributed by atoms with Crippen LogP contribution < -0.4 is 5.73 Å². The smallest absolute Gasteiger partial charge is 0.239 e. The Morgan fingerprint density at radius 3 is 2.71 bits per heavy atom. The highest BCUT2D eigenvalue weighted by Crippen LogP contribution is 2.68. The molecule has 3 saturated carbocycles. The average molecular weight is 428 g/mol. The minimum Gasteiger partial charge on any atom is -0.341 e. The number of hydrogen-bond acceptors (Lipinski definition) is 3. The number of likely N-dealkylation sites (N-methyl/N-ethyl adjacent to an activating group) is 1. The summed E-state index contributed by atoms with van der Waals surface area (Å²) < 4.78 is 0. The van der Waals surface area contributed by atoms with Gasteiger partial charge in [0.25, 0.3) is 0 Å². The third-order valence-electron chi connectivity index (χ3n) is 11.3. The Bertz CT molecular complexity index is 764. The average Bonchev–Trinajstić information content (AvgIpc) is 3.25. The molecule has 4 aliphatic carbocycles. The largest absolute Gasteiger partial charge is 0.341 e. The Kier molecular flexibility index (Phi) is 5.37. The van der Waals surface area contributed by atoms with Crippen LogP contribution in [0.2, 0.25) is 0 Å². The maximum Gasteiger partial charge on any atom is 0.239 e. The second-order valence-electron chi connectivity index (χ2n) is 12.2. The van der Waals surface area contributed by atoms with Crippen molar-refractivity contribution in [2.45, 2.75) is 96.7 Å². The van der Waals surface area contributed by atoms with Gasteiger partial charge in [0.05, 0.1) is 6.04 Å². The van der Waals surface area contributed by atoms with E-state index < -0.39 is 0 Å². The van der Waals surface area contributed by atoms with E-state index >= 15 is 0 Å². The van der Waals surface area contributed by atoms with Crippen molar-refractivity contribution in [2.24, 2.45) is 40.2 Å². The number of allylic oxidation sites excluding steroid dienone is 1. The maximum absolute atomic E-state index is 12.7. The normalized spacial score (nSPS) is 47.6. The predicted molar refractivity (Wildman–Crippen MR) is 126 cm³/mol. The van der Waals surface area contributed by atoms with Crippen LogP contribution in [0.1, 0.15) is 78.6 Å². The molecule has 0 aromatic rings. The zero-order chi connectivity index (χ0) is 22.1. The number of carbonyl (C=O) groups excluding carboxylic acids is 1. The van der Waals surface area contributed by atoms with Crippen LogP contribution in [0.3, 0.4) is 0 Å². The molecule has 5 aliphatic rings. The van der Waals surface area contributed by atoms with Crippen LogP contribution in [0.5, 0.6) is 0 Å². The van der Waals surface area contributed by atoms with E-state index in [0.29, 0.717) is 16.9 Å². The minimum atomic E-state index is -0.347. The molecular weight excluding hydrogens is 382 g/mol. The summed E-state index contributed by atoms with van der Waals surface area (Å²) >= 11 is 0. The molecule has 31 heavy (non-hydrogen) atoms. The molecular formula is C27H45N3O. The van der Waals surface area contributed by atoms with Crippen LogP contribution >= 0.6 is 0 Å². The Hall–Kier alpha value is -0.870. The zero-order valence-electron chi connectivity index (χ0n) is 20.6. The summed E-state index contributed by atoms with van der Waals surface area (Å²) in [6, 6.07) is 0.751. The van der Waals surface area contributed by atoms with Crippen molar-refractivity contribution in [1.29, 1.82) is 0 Å². The van der Waals surface area contributed by atoms with Crippen LogP contribution in [-0.4, -0.2) is 54.5 Å². The third-order valence-corrected chi connectivity index (χ3v) is 11.3. The van der Waals surface area contributed by atoms with Crippen molar-refractivity contribution >= 4 is 5.91 Å². The van der Waals surface area contributed by atoms with Crippen molar-refractivity contribution < 1.29 is 4.79 Å². The van der Waals surface area contributed by atoms with Crippen LogP contribution in [-0.2, 0) is 4.79 Å². The lowest BCUT2D eigenvalue weighted by Crippen LogP contribution is -2.54. The molecule has 1 spiro atoms. The van der Waals surface area contributed by atoms with Gasteiger partial charge in [-0.05, 0) is 106 Å². The van der Waals surface area contributed by atoms with E-state index in [1.807, 2.05) is 18.9 Å². The summed E-state index contributed by atoms with van der Waals surface area (Å²) in [5, 5.41) is 0. The van der Waals surface area contributed by atoms with Gasteiger partial charge >= 0.3 is 0 Å². The van der Waals surface area contributed by atoms with E-state index in [4.69, 9.17) is 5.73 Å². The van der Waals surface area contributed by atoms with Gasteiger partial charge in [0.15, 0.2) is 0 Å². The molecule has 174 valence electrons. The van der Waals surface area contributed by atoms with Gasteiger partial charge in [-0.25, -0.2) is 0 Å². The summed E-state index contributed by atoms with van der Waals surface area (Å²) in [7, 11) is 4.35. The topological polar surface area (TPSA) is 49.6 Å². The third kappa shape index (κ3) is 3.03. The summed E-state index contributed by atoms with van der Waals surface area (Å²) in [5.74, 6) is 3.72. The summed E-state index contributed by atoms with van der Waals surface area (Å²) in [5.41, 5.74) is 8.70. The quantitative estimate of drug-likeness (QED) is 0.677. The number of nitrogens with zero attached hydrogens (tertiary/aromatic N) is 2. The first-order chi connectivity index (χ1) is 14.7. The highest BCUT2D eigenvalue weighted by atomic mass is 16.2. The van der Waals surface area contributed by atoms with Gasteiger partial charge in [-0.1, -0.05) is 25.5 Å². The first kappa shape index (κ1) is 21.9. The Morgan fingerprint density at radius 1 is 1.23 bits per heavy atom. The fourth-order valence-corrected chi connectivity index (χ4v) is 9.39. The van der Waals surface area contributed by atoms with Crippen molar-refractivity contribution in [3.63, 3.8) is 0 Å². The summed E-state index contributed by atoms with van der Waals surface area (Å²) in [6.45, 7) is 8.41. The molecule has 4 heteroatoms. The van der Waals surface area contributed by atoms with Crippen molar-refractivity contribution in [3.05, 3.63) is 11.6 Å². The molecule has 2 N–H and O–H groups in total.